The minimum absolute atomic E-state index is 0.0399. The van der Waals surface area contributed by atoms with Gasteiger partial charge in [0.1, 0.15) is 0 Å². The van der Waals surface area contributed by atoms with Crippen molar-refractivity contribution in [3.63, 3.8) is 0 Å². The Morgan fingerprint density at radius 1 is 1.50 bits per heavy atom. The second-order valence-corrected chi connectivity index (χ2v) is 8.41. The van der Waals surface area contributed by atoms with Crippen LogP contribution in [-0.2, 0) is 11.3 Å². The van der Waals surface area contributed by atoms with E-state index in [0.29, 0.717) is 12.0 Å². The quantitative estimate of drug-likeness (QED) is 0.898. The summed E-state index contributed by atoms with van der Waals surface area (Å²) in [7, 11) is 0. The zero-order chi connectivity index (χ0) is 14.4. The van der Waals surface area contributed by atoms with E-state index in [0.717, 1.165) is 30.5 Å². The maximum absolute atomic E-state index is 6.74. The molecule has 1 aliphatic heterocycles. The topological polar surface area (TPSA) is 47.3 Å². The van der Waals surface area contributed by atoms with Crippen LogP contribution in [0.5, 0.6) is 0 Å². The molecule has 3 rings (SSSR count). The van der Waals surface area contributed by atoms with E-state index >= 15 is 0 Å². The lowest BCUT2D eigenvalue weighted by atomic mass is 9.46. The fourth-order valence-corrected chi connectivity index (χ4v) is 4.92. The summed E-state index contributed by atoms with van der Waals surface area (Å²) in [5.74, 6) is 0.491. The van der Waals surface area contributed by atoms with Crippen molar-refractivity contribution in [1.82, 2.24) is 5.32 Å². The highest BCUT2D eigenvalue weighted by molar-refractivity contribution is 7.16. The van der Waals surface area contributed by atoms with E-state index < -0.39 is 0 Å². The zero-order valence-corrected chi connectivity index (χ0v) is 13.7. The second-order valence-electron chi connectivity index (χ2n) is 6.61. The van der Waals surface area contributed by atoms with Crippen molar-refractivity contribution >= 4 is 22.9 Å². The molecular weight excluding hydrogens is 292 g/mol. The summed E-state index contributed by atoms with van der Waals surface area (Å²) in [5, 5.41) is 3.52. The molecule has 3 N–H and O–H groups in total. The van der Waals surface area contributed by atoms with Crippen LogP contribution >= 0.6 is 22.9 Å². The third-order valence-electron chi connectivity index (χ3n) is 5.24. The van der Waals surface area contributed by atoms with Crippen LogP contribution in [0.1, 0.15) is 31.6 Å². The summed E-state index contributed by atoms with van der Waals surface area (Å²) in [6.45, 7) is 7.04. The lowest BCUT2D eigenvalue weighted by Gasteiger charge is -2.66. The van der Waals surface area contributed by atoms with E-state index in [9.17, 15) is 0 Å². The summed E-state index contributed by atoms with van der Waals surface area (Å²) in [6, 6.07) is 4.02. The lowest BCUT2D eigenvalue weighted by molar-refractivity contribution is -0.225. The Morgan fingerprint density at radius 2 is 2.30 bits per heavy atom. The molecule has 0 amide bonds. The van der Waals surface area contributed by atoms with Crippen LogP contribution in [0.4, 0.5) is 0 Å². The molecule has 20 heavy (non-hydrogen) atoms. The van der Waals surface area contributed by atoms with E-state index in [-0.39, 0.29) is 11.0 Å². The maximum Gasteiger partial charge on any atom is 0.0931 e. The standard InChI is InChI=1S/C15H23ClN2OS/c1-14(2)13-11(4-3-7-19-13)15(14,17)9-18-8-10-5-6-12(16)20-10/h5-6,11,13,18H,3-4,7-9,17H2,1-2H3. The number of fused-ring (bicyclic) bond motifs is 1. The van der Waals surface area contributed by atoms with Crippen molar-refractivity contribution in [1.29, 1.82) is 0 Å². The third-order valence-corrected chi connectivity index (χ3v) is 6.47. The first-order chi connectivity index (χ1) is 9.45. The molecule has 2 heterocycles. The van der Waals surface area contributed by atoms with Crippen molar-refractivity contribution in [3.8, 4) is 0 Å². The molecule has 1 saturated heterocycles. The van der Waals surface area contributed by atoms with E-state index in [1.54, 1.807) is 11.3 Å². The first-order valence-corrected chi connectivity index (χ1v) is 8.50. The molecule has 3 unspecified atom stereocenters. The van der Waals surface area contributed by atoms with Crippen molar-refractivity contribution in [2.45, 2.75) is 44.9 Å². The van der Waals surface area contributed by atoms with Crippen molar-refractivity contribution in [2.75, 3.05) is 13.2 Å². The molecule has 112 valence electrons. The van der Waals surface area contributed by atoms with Gasteiger partial charge >= 0.3 is 0 Å². The molecule has 1 aromatic rings. The predicted octanol–water partition coefficient (Wildman–Crippen LogP) is 3.02. The number of nitrogens with two attached hydrogens (primary N) is 1. The molecule has 0 aromatic carbocycles. The largest absolute Gasteiger partial charge is 0.377 e. The number of halogens is 1. The maximum atomic E-state index is 6.74. The number of nitrogens with one attached hydrogen (secondary N) is 1. The summed E-state index contributed by atoms with van der Waals surface area (Å²) < 4.78 is 6.77. The first kappa shape index (κ1) is 14.8. The molecule has 2 aliphatic rings. The molecule has 1 aromatic heterocycles. The Labute approximate surface area is 129 Å². The lowest BCUT2D eigenvalue weighted by Crippen LogP contribution is -2.80. The highest BCUT2D eigenvalue weighted by Crippen LogP contribution is 2.57. The van der Waals surface area contributed by atoms with Gasteiger partial charge in [-0.05, 0) is 25.0 Å². The van der Waals surface area contributed by atoms with Gasteiger partial charge in [0.15, 0.2) is 0 Å². The summed E-state index contributed by atoms with van der Waals surface area (Å²) in [4.78, 5) is 1.26. The fraction of sp³-hybridized carbons (Fsp3) is 0.733. The third kappa shape index (κ3) is 2.22. The molecule has 5 heteroatoms. The normalized spacial score (nSPS) is 35.4. The van der Waals surface area contributed by atoms with Gasteiger partial charge in [0.05, 0.1) is 10.4 Å². The SMILES string of the molecule is CC1(C)C2OCCCC2C1(N)CNCc1ccc(Cl)s1. The van der Waals surface area contributed by atoms with Gasteiger partial charge in [-0.2, -0.15) is 0 Å². The zero-order valence-electron chi connectivity index (χ0n) is 12.1. The van der Waals surface area contributed by atoms with E-state index in [1.165, 1.54) is 11.3 Å². The molecule has 3 nitrogen and oxygen atoms in total. The van der Waals surface area contributed by atoms with E-state index in [4.69, 9.17) is 22.1 Å². The van der Waals surface area contributed by atoms with Gasteiger partial charge in [-0.25, -0.2) is 0 Å². The molecule has 1 aliphatic carbocycles. The molecule has 1 saturated carbocycles. The van der Waals surface area contributed by atoms with Gasteiger partial charge in [0.2, 0.25) is 0 Å². The second kappa shape index (κ2) is 5.25. The molecule has 0 bridgehead atoms. The van der Waals surface area contributed by atoms with Crippen molar-refractivity contribution in [2.24, 2.45) is 17.1 Å². The number of thiophene rings is 1. The minimum Gasteiger partial charge on any atom is -0.377 e. The highest BCUT2D eigenvalue weighted by atomic mass is 35.5. The fourth-order valence-electron chi connectivity index (χ4n) is 3.86. The molecule has 0 spiro atoms. The number of ether oxygens (including phenoxy) is 1. The van der Waals surface area contributed by atoms with Gasteiger partial charge in [-0.3, -0.25) is 0 Å². The average molecular weight is 315 g/mol. The summed E-state index contributed by atoms with van der Waals surface area (Å²) in [6.07, 6.45) is 2.66. The predicted molar refractivity (Wildman–Crippen MR) is 84.2 cm³/mol. The molecular formula is C15H23ClN2OS. The van der Waals surface area contributed by atoms with E-state index in [2.05, 4.69) is 25.2 Å². The number of rotatable bonds is 4. The highest BCUT2D eigenvalue weighted by Gasteiger charge is 2.65. The van der Waals surface area contributed by atoms with Crippen LogP contribution in [0.2, 0.25) is 4.34 Å². The molecule has 0 radical (unpaired) electrons. The first-order valence-electron chi connectivity index (χ1n) is 7.30. The molecule has 3 atom stereocenters. The van der Waals surface area contributed by atoms with Gasteiger partial charge in [0, 0.05) is 41.4 Å². The number of hydrogen-bond donors (Lipinski definition) is 2. The van der Waals surface area contributed by atoms with Gasteiger partial charge in [-0.1, -0.05) is 25.4 Å². The smallest absolute Gasteiger partial charge is 0.0931 e. The van der Waals surface area contributed by atoms with Crippen LogP contribution in [0.25, 0.3) is 0 Å². The minimum atomic E-state index is -0.168. The van der Waals surface area contributed by atoms with Crippen LogP contribution in [0, 0.1) is 11.3 Å². The van der Waals surface area contributed by atoms with Crippen LogP contribution < -0.4 is 11.1 Å². The van der Waals surface area contributed by atoms with Crippen LogP contribution in [0.15, 0.2) is 12.1 Å². The number of hydrogen-bond acceptors (Lipinski definition) is 4. The Bertz CT molecular complexity index is 490. The average Bonchev–Trinajstić information content (AvgIpc) is 2.84. The van der Waals surface area contributed by atoms with Gasteiger partial charge in [-0.15, -0.1) is 11.3 Å². The van der Waals surface area contributed by atoms with Crippen LogP contribution in [0.3, 0.4) is 0 Å². The summed E-state index contributed by atoms with van der Waals surface area (Å²) in [5.41, 5.74) is 6.61. The van der Waals surface area contributed by atoms with E-state index in [1.807, 2.05) is 6.07 Å². The monoisotopic (exact) mass is 314 g/mol. The van der Waals surface area contributed by atoms with Crippen LogP contribution in [-0.4, -0.2) is 24.8 Å². The Morgan fingerprint density at radius 3 is 3.00 bits per heavy atom. The summed E-state index contributed by atoms with van der Waals surface area (Å²) >= 11 is 7.58. The van der Waals surface area contributed by atoms with Gasteiger partial charge < -0.3 is 15.8 Å². The Kier molecular flexibility index (Phi) is 3.89. The Hall–Kier alpha value is -0.130. The van der Waals surface area contributed by atoms with Gasteiger partial charge in [0.25, 0.3) is 0 Å². The molecule has 2 fully saturated rings. The Balaban J connectivity index is 1.60. The van der Waals surface area contributed by atoms with Crippen molar-refractivity contribution < 1.29 is 4.74 Å². The van der Waals surface area contributed by atoms with Crippen molar-refractivity contribution in [3.05, 3.63) is 21.3 Å².